The van der Waals surface area contributed by atoms with Crippen molar-refractivity contribution in [3.8, 4) is 11.5 Å². The van der Waals surface area contributed by atoms with E-state index in [4.69, 9.17) is 0 Å². The fourth-order valence-corrected chi connectivity index (χ4v) is 5.13. The summed E-state index contributed by atoms with van der Waals surface area (Å²) < 4.78 is 0. The molecule has 0 radical (unpaired) electrons. The van der Waals surface area contributed by atoms with Crippen molar-refractivity contribution in [2.75, 3.05) is 0 Å². The quantitative estimate of drug-likeness (QED) is 0.583. The first-order valence-corrected chi connectivity index (χ1v) is 9.57. The lowest BCUT2D eigenvalue weighted by Gasteiger charge is -2.23. The van der Waals surface area contributed by atoms with Gasteiger partial charge in [0, 0.05) is 5.41 Å². The van der Waals surface area contributed by atoms with Crippen LogP contribution in [0.25, 0.3) is 0 Å². The molecule has 2 aromatic carbocycles. The van der Waals surface area contributed by atoms with Crippen LogP contribution in [0, 0.1) is 16.9 Å². The summed E-state index contributed by atoms with van der Waals surface area (Å²) in [6.45, 7) is 8.86. The van der Waals surface area contributed by atoms with Gasteiger partial charge in [-0.05, 0) is 31.1 Å². The maximum absolute atomic E-state index is 3.66. The van der Waals surface area contributed by atoms with Crippen LogP contribution in [0.15, 0.2) is 60.7 Å². The third-order valence-electron chi connectivity index (χ3n) is 3.39. The molecule has 20 heavy (non-hydrogen) atoms. The Bertz CT molecular complexity index is 570. The van der Waals surface area contributed by atoms with Crippen LogP contribution in [0.2, 0.25) is 6.55 Å². The molecule has 2 aromatic rings. The average molecular weight is 278 g/mol. The first-order valence-electron chi connectivity index (χ1n) is 7.07. The van der Waals surface area contributed by atoms with Gasteiger partial charge < -0.3 is 0 Å². The summed E-state index contributed by atoms with van der Waals surface area (Å²) in [5.41, 5.74) is 3.70. The topological polar surface area (TPSA) is 0 Å². The highest BCUT2D eigenvalue weighted by Crippen LogP contribution is 2.12. The highest BCUT2D eigenvalue weighted by Gasteiger charge is 2.30. The van der Waals surface area contributed by atoms with Crippen LogP contribution in [-0.2, 0) is 0 Å². The fourth-order valence-electron chi connectivity index (χ4n) is 2.17. The Morgan fingerprint density at radius 1 is 0.750 bits per heavy atom. The molecule has 2 rings (SSSR count). The van der Waals surface area contributed by atoms with Gasteiger partial charge in [0.1, 0.15) is 0 Å². The van der Waals surface area contributed by atoms with Gasteiger partial charge >= 0.3 is 0 Å². The molecule has 0 amide bonds. The molecule has 0 atom stereocenters. The van der Waals surface area contributed by atoms with Crippen LogP contribution in [0.3, 0.4) is 0 Å². The van der Waals surface area contributed by atoms with Crippen molar-refractivity contribution in [1.29, 1.82) is 0 Å². The summed E-state index contributed by atoms with van der Waals surface area (Å²) >= 11 is 0. The largest absolute Gasteiger partial charge is 0.196 e. The van der Waals surface area contributed by atoms with E-state index in [1.165, 1.54) is 10.4 Å². The minimum Gasteiger partial charge on any atom is -0.120 e. The van der Waals surface area contributed by atoms with Crippen LogP contribution in [-0.4, -0.2) is 8.07 Å². The summed E-state index contributed by atoms with van der Waals surface area (Å²) in [6.07, 6.45) is 0. The zero-order valence-electron chi connectivity index (χ0n) is 12.8. The molecule has 102 valence electrons. The molecule has 0 aliphatic carbocycles. The van der Waals surface area contributed by atoms with Gasteiger partial charge in [-0.2, -0.15) is 0 Å². The van der Waals surface area contributed by atoms with Crippen molar-refractivity contribution in [3.05, 3.63) is 60.7 Å². The third-order valence-corrected chi connectivity index (χ3v) is 6.99. The van der Waals surface area contributed by atoms with Crippen molar-refractivity contribution in [1.82, 2.24) is 0 Å². The second-order valence-electron chi connectivity index (χ2n) is 6.36. The van der Waals surface area contributed by atoms with Crippen molar-refractivity contribution >= 4 is 18.4 Å². The second kappa shape index (κ2) is 5.69. The molecule has 0 N–H and O–H groups in total. The zero-order valence-corrected chi connectivity index (χ0v) is 13.8. The average Bonchev–Trinajstić information content (AvgIpc) is 2.46. The van der Waals surface area contributed by atoms with E-state index in [1.54, 1.807) is 0 Å². The van der Waals surface area contributed by atoms with Gasteiger partial charge in [-0.1, -0.05) is 67.2 Å². The van der Waals surface area contributed by atoms with Crippen molar-refractivity contribution in [2.45, 2.75) is 27.3 Å². The first kappa shape index (κ1) is 14.6. The molecular weight excluding hydrogens is 256 g/mol. The molecule has 1 heteroatoms. The van der Waals surface area contributed by atoms with Crippen molar-refractivity contribution in [3.63, 3.8) is 0 Å². The van der Waals surface area contributed by atoms with Crippen molar-refractivity contribution in [2.24, 2.45) is 5.41 Å². The van der Waals surface area contributed by atoms with E-state index in [-0.39, 0.29) is 5.41 Å². The minimum atomic E-state index is -1.97. The molecule has 0 nitrogen and oxygen atoms in total. The summed E-state index contributed by atoms with van der Waals surface area (Å²) in [4.78, 5) is 0. The van der Waals surface area contributed by atoms with Gasteiger partial charge in [0.05, 0.1) is 0 Å². The number of rotatable bonds is 2. The van der Waals surface area contributed by atoms with E-state index in [0.29, 0.717) is 0 Å². The molecular formula is C19H22Si. The molecule has 0 spiro atoms. The normalized spacial score (nSPS) is 11.6. The highest BCUT2D eigenvalue weighted by atomic mass is 28.3. The monoisotopic (exact) mass is 278 g/mol. The molecule has 0 fully saturated rings. The number of hydrogen-bond acceptors (Lipinski definition) is 0. The Kier molecular flexibility index (Phi) is 4.16. The SMILES string of the molecule is CC(C)(C)C#C[Si](C)(c1ccccc1)c1ccccc1. The van der Waals surface area contributed by atoms with Gasteiger partial charge in [-0.3, -0.25) is 0 Å². The van der Waals surface area contributed by atoms with Crippen LogP contribution >= 0.6 is 0 Å². The number of benzene rings is 2. The van der Waals surface area contributed by atoms with E-state index in [0.717, 1.165) is 0 Å². The van der Waals surface area contributed by atoms with Gasteiger partial charge in [0.25, 0.3) is 0 Å². The van der Waals surface area contributed by atoms with Crippen LogP contribution < -0.4 is 10.4 Å². The Labute approximate surface area is 123 Å². The summed E-state index contributed by atoms with van der Waals surface area (Å²) in [7, 11) is -1.97. The second-order valence-corrected chi connectivity index (χ2v) is 10.0. The third kappa shape index (κ3) is 3.40. The van der Waals surface area contributed by atoms with Gasteiger partial charge in [0.2, 0.25) is 0 Å². The maximum Gasteiger partial charge on any atom is 0.196 e. The van der Waals surface area contributed by atoms with Crippen LogP contribution in [0.1, 0.15) is 20.8 Å². The lowest BCUT2D eigenvalue weighted by Crippen LogP contribution is -2.55. The molecule has 0 aromatic heterocycles. The van der Waals surface area contributed by atoms with Crippen molar-refractivity contribution < 1.29 is 0 Å². The Morgan fingerprint density at radius 2 is 1.15 bits per heavy atom. The minimum absolute atomic E-state index is 0.0395. The first-order chi connectivity index (χ1) is 9.42. The van der Waals surface area contributed by atoms with Crippen LogP contribution in [0.5, 0.6) is 0 Å². The van der Waals surface area contributed by atoms with Gasteiger partial charge in [-0.25, -0.2) is 0 Å². The van der Waals surface area contributed by atoms with E-state index >= 15 is 0 Å². The molecule has 0 unspecified atom stereocenters. The highest BCUT2D eigenvalue weighted by molar-refractivity contribution is 7.07. The number of hydrogen-bond donors (Lipinski definition) is 0. The molecule has 0 heterocycles. The zero-order chi connectivity index (χ0) is 14.6. The van der Waals surface area contributed by atoms with E-state index in [1.807, 2.05) is 0 Å². The molecule has 0 bridgehead atoms. The Balaban J connectivity index is 2.58. The lowest BCUT2D eigenvalue weighted by molar-refractivity contribution is 0.571. The lowest BCUT2D eigenvalue weighted by atomic mass is 9.99. The molecule has 0 aliphatic heterocycles. The molecule has 0 saturated carbocycles. The predicted molar refractivity (Wildman–Crippen MR) is 91.0 cm³/mol. The van der Waals surface area contributed by atoms with E-state index in [9.17, 15) is 0 Å². The predicted octanol–water partition coefficient (Wildman–Crippen LogP) is 3.47. The standard InChI is InChI=1S/C19H22Si/c1-19(2,3)15-16-20(4,17-11-7-5-8-12-17)18-13-9-6-10-14-18/h5-14H,1-4H3. The molecule has 0 aliphatic rings. The maximum atomic E-state index is 3.66. The van der Waals surface area contributed by atoms with Gasteiger partial charge in [-0.15, -0.1) is 11.5 Å². The molecule has 0 saturated heterocycles. The summed E-state index contributed by atoms with van der Waals surface area (Å²) in [6, 6.07) is 21.5. The Hall–Kier alpha value is -1.78. The fraction of sp³-hybridized carbons (Fsp3) is 0.263. The van der Waals surface area contributed by atoms with E-state index in [2.05, 4.69) is 99.4 Å². The van der Waals surface area contributed by atoms with Gasteiger partial charge in [0.15, 0.2) is 8.07 Å². The Morgan fingerprint density at radius 3 is 1.50 bits per heavy atom. The summed E-state index contributed by atoms with van der Waals surface area (Å²) in [5.74, 6) is 3.47. The van der Waals surface area contributed by atoms with E-state index < -0.39 is 8.07 Å². The summed E-state index contributed by atoms with van der Waals surface area (Å²) in [5, 5.41) is 2.76. The van der Waals surface area contributed by atoms with Crippen LogP contribution in [0.4, 0.5) is 0 Å². The smallest absolute Gasteiger partial charge is 0.120 e.